The van der Waals surface area contributed by atoms with Crippen LogP contribution in [0.4, 0.5) is 5.69 Å². The van der Waals surface area contributed by atoms with Gasteiger partial charge in [-0.25, -0.2) is 8.42 Å². The zero-order valence-electron chi connectivity index (χ0n) is 13.7. The number of benzene rings is 1. The van der Waals surface area contributed by atoms with E-state index in [1.165, 1.54) is 6.92 Å². The highest BCUT2D eigenvalue weighted by molar-refractivity contribution is 7.91. The van der Waals surface area contributed by atoms with E-state index in [0.29, 0.717) is 17.8 Å². The van der Waals surface area contributed by atoms with Crippen molar-refractivity contribution in [1.82, 2.24) is 4.90 Å². The Morgan fingerprint density at radius 3 is 2.33 bits per heavy atom. The molecular formula is C16H22N2O5S. The van der Waals surface area contributed by atoms with Gasteiger partial charge in [0.2, 0.25) is 5.91 Å². The number of carbonyl (C=O) groups is 2. The predicted molar refractivity (Wildman–Crippen MR) is 90.8 cm³/mol. The maximum Gasteiger partial charge on any atom is 0.238 e. The van der Waals surface area contributed by atoms with Crippen LogP contribution in [0.1, 0.15) is 24.2 Å². The van der Waals surface area contributed by atoms with E-state index >= 15 is 0 Å². The van der Waals surface area contributed by atoms with E-state index in [2.05, 4.69) is 5.32 Å². The molecule has 0 aromatic heterocycles. The molecule has 2 atom stereocenters. The number of rotatable bonds is 6. The fraction of sp³-hybridized carbons (Fsp3) is 0.500. The molecule has 0 spiro atoms. The second-order valence-electron chi connectivity index (χ2n) is 5.96. The number of sulfone groups is 1. The Morgan fingerprint density at radius 2 is 1.88 bits per heavy atom. The minimum atomic E-state index is -3.26. The minimum Gasteiger partial charge on any atom is -0.390 e. The minimum absolute atomic E-state index is 0.0117. The summed E-state index contributed by atoms with van der Waals surface area (Å²) in [7, 11) is -3.26. The molecule has 8 heteroatoms. The average molecular weight is 354 g/mol. The third-order valence-corrected chi connectivity index (χ3v) is 5.79. The molecule has 1 heterocycles. The number of ketones is 1. The molecule has 0 saturated carbocycles. The van der Waals surface area contributed by atoms with Crippen molar-refractivity contribution in [1.29, 1.82) is 0 Å². The van der Waals surface area contributed by atoms with Gasteiger partial charge in [-0.05, 0) is 37.7 Å². The second kappa shape index (κ2) is 7.42. The second-order valence-corrected chi connectivity index (χ2v) is 8.11. The van der Waals surface area contributed by atoms with Crippen LogP contribution in [0.15, 0.2) is 24.3 Å². The summed E-state index contributed by atoms with van der Waals surface area (Å²) in [6.07, 6.45) is -0.974. The first-order valence-electron chi connectivity index (χ1n) is 7.75. The molecule has 0 bridgehead atoms. The number of carbonyl (C=O) groups excluding carboxylic acids is 2. The fourth-order valence-electron chi connectivity index (χ4n) is 2.80. The van der Waals surface area contributed by atoms with Crippen LogP contribution < -0.4 is 5.32 Å². The first-order valence-corrected chi connectivity index (χ1v) is 9.57. The number of aliphatic hydroxyl groups is 1. The topological polar surface area (TPSA) is 104 Å². The zero-order chi connectivity index (χ0) is 17.9. The van der Waals surface area contributed by atoms with Crippen LogP contribution in [-0.2, 0) is 14.6 Å². The van der Waals surface area contributed by atoms with Crippen molar-refractivity contribution >= 4 is 27.2 Å². The van der Waals surface area contributed by atoms with Crippen molar-refractivity contribution in [2.24, 2.45) is 0 Å². The van der Waals surface area contributed by atoms with Gasteiger partial charge in [0.15, 0.2) is 15.6 Å². The number of aliphatic hydroxyl groups excluding tert-OH is 1. The van der Waals surface area contributed by atoms with Gasteiger partial charge in [-0.1, -0.05) is 6.92 Å². The number of Topliss-reactive ketones (excluding diaryl/α,β-unsaturated/α-hetero) is 1. The van der Waals surface area contributed by atoms with Gasteiger partial charge in [-0.15, -0.1) is 0 Å². The van der Waals surface area contributed by atoms with Gasteiger partial charge in [-0.2, -0.15) is 0 Å². The van der Waals surface area contributed by atoms with E-state index in [1.807, 2.05) is 6.92 Å². The summed E-state index contributed by atoms with van der Waals surface area (Å²) in [6.45, 7) is 3.72. The van der Waals surface area contributed by atoms with Gasteiger partial charge >= 0.3 is 0 Å². The maximum atomic E-state index is 12.2. The quantitative estimate of drug-likeness (QED) is 0.713. The number of nitrogens with zero attached hydrogens (tertiary/aromatic N) is 1. The summed E-state index contributed by atoms with van der Waals surface area (Å²) in [5, 5.41) is 12.6. The van der Waals surface area contributed by atoms with Gasteiger partial charge in [0.25, 0.3) is 0 Å². The third-order valence-electron chi connectivity index (χ3n) is 4.09. The van der Waals surface area contributed by atoms with Crippen molar-refractivity contribution in [2.75, 3.05) is 29.9 Å². The molecule has 7 nitrogen and oxygen atoms in total. The summed E-state index contributed by atoms with van der Waals surface area (Å²) in [5.41, 5.74) is 1.11. The van der Waals surface area contributed by atoms with Crippen LogP contribution in [0.2, 0.25) is 0 Å². The summed E-state index contributed by atoms with van der Waals surface area (Å²) in [6, 6.07) is 5.97. The lowest BCUT2D eigenvalue weighted by Crippen LogP contribution is -2.46. The Kier molecular flexibility index (Phi) is 5.74. The Balaban J connectivity index is 1.98. The highest BCUT2D eigenvalue weighted by atomic mass is 32.2. The summed E-state index contributed by atoms with van der Waals surface area (Å²) in [4.78, 5) is 25.1. The molecule has 24 heavy (non-hydrogen) atoms. The lowest BCUT2D eigenvalue weighted by atomic mass is 10.1. The number of anilines is 1. The lowest BCUT2D eigenvalue weighted by molar-refractivity contribution is -0.118. The molecule has 2 rings (SSSR count). The van der Waals surface area contributed by atoms with E-state index in [1.54, 1.807) is 29.2 Å². The number of amides is 1. The average Bonchev–Trinajstić information content (AvgIpc) is 2.78. The molecule has 2 unspecified atom stereocenters. The largest absolute Gasteiger partial charge is 0.390 e. The zero-order valence-corrected chi connectivity index (χ0v) is 14.5. The molecule has 1 aromatic carbocycles. The molecule has 0 aliphatic carbocycles. The molecular weight excluding hydrogens is 332 g/mol. The van der Waals surface area contributed by atoms with Gasteiger partial charge < -0.3 is 10.4 Å². The number of likely N-dealkylation sites (N-methyl/N-ethyl adjacent to an activating group) is 1. The first-order chi connectivity index (χ1) is 11.2. The van der Waals surface area contributed by atoms with Crippen LogP contribution >= 0.6 is 0 Å². The van der Waals surface area contributed by atoms with E-state index in [-0.39, 0.29) is 29.7 Å². The van der Waals surface area contributed by atoms with E-state index < -0.39 is 22.0 Å². The number of hydrogen-bond donors (Lipinski definition) is 2. The summed E-state index contributed by atoms with van der Waals surface area (Å²) < 4.78 is 23.2. The van der Waals surface area contributed by atoms with Crippen molar-refractivity contribution in [3.63, 3.8) is 0 Å². The molecule has 1 saturated heterocycles. The molecule has 1 fully saturated rings. The predicted octanol–water partition coefficient (Wildman–Crippen LogP) is 0.308. The van der Waals surface area contributed by atoms with Crippen LogP contribution in [0.5, 0.6) is 0 Å². The lowest BCUT2D eigenvalue weighted by Gasteiger charge is -2.28. The van der Waals surface area contributed by atoms with Crippen LogP contribution in [0.25, 0.3) is 0 Å². The van der Waals surface area contributed by atoms with Crippen LogP contribution in [-0.4, -0.2) is 66.9 Å². The Hall–Kier alpha value is -1.77. The summed E-state index contributed by atoms with van der Waals surface area (Å²) in [5.74, 6) is -0.754. The number of nitrogens with one attached hydrogen (secondary N) is 1. The van der Waals surface area contributed by atoms with Gasteiger partial charge in [0.05, 0.1) is 30.2 Å². The van der Waals surface area contributed by atoms with E-state index in [4.69, 9.17) is 0 Å². The SMILES string of the molecule is CCN(CC(=O)Nc1ccc(C(C)=O)cc1)C1CS(=O)(=O)CC1O. The molecule has 1 aliphatic heterocycles. The molecule has 1 amide bonds. The van der Waals surface area contributed by atoms with Gasteiger partial charge in [0.1, 0.15) is 0 Å². The maximum absolute atomic E-state index is 12.2. The first kappa shape index (κ1) is 18.6. The Bertz CT molecular complexity index is 714. The highest BCUT2D eigenvalue weighted by Crippen LogP contribution is 2.18. The van der Waals surface area contributed by atoms with Crippen molar-refractivity contribution < 1.29 is 23.1 Å². The highest BCUT2D eigenvalue weighted by Gasteiger charge is 2.39. The van der Waals surface area contributed by atoms with Crippen LogP contribution in [0, 0.1) is 0 Å². The standard InChI is InChI=1S/C16H22N2O5S/c1-3-18(14-9-24(22,23)10-15(14)20)8-16(21)17-13-6-4-12(5-7-13)11(2)19/h4-7,14-15,20H,3,8-10H2,1-2H3,(H,17,21). The Morgan fingerprint density at radius 1 is 1.25 bits per heavy atom. The molecule has 0 radical (unpaired) electrons. The number of hydrogen-bond acceptors (Lipinski definition) is 6. The summed E-state index contributed by atoms with van der Waals surface area (Å²) >= 11 is 0. The third kappa shape index (κ3) is 4.62. The van der Waals surface area contributed by atoms with Crippen molar-refractivity contribution in [2.45, 2.75) is 26.0 Å². The van der Waals surface area contributed by atoms with Gasteiger partial charge in [0, 0.05) is 11.3 Å². The van der Waals surface area contributed by atoms with Crippen molar-refractivity contribution in [3.8, 4) is 0 Å². The van der Waals surface area contributed by atoms with Crippen molar-refractivity contribution in [3.05, 3.63) is 29.8 Å². The normalized spacial score (nSPS) is 22.5. The molecule has 132 valence electrons. The smallest absolute Gasteiger partial charge is 0.238 e. The van der Waals surface area contributed by atoms with E-state index in [0.717, 1.165) is 0 Å². The molecule has 1 aromatic rings. The monoisotopic (exact) mass is 354 g/mol. The fourth-order valence-corrected chi connectivity index (χ4v) is 4.63. The van der Waals surface area contributed by atoms with Gasteiger partial charge in [-0.3, -0.25) is 14.5 Å². The molecule has 1 aliphatic rings. The van der Waals surface area contributed by atoms with E-state index in [9.17, 15) is 23.1 Å². The Labute approximate surface area is 141 Å². The van der Waals surface area contributed by atoms with Crippen LogP contribution in [0.3, 0.4) is 0 Å². The molecule has 2 N–H and O–H groups in total.